The molecule has 29 heavy (non-hydrogen) atoms. The minimum Gasteiger partial charge on any atom is -0.478 e. The van der Waals surface area contributed by atoms with Crippen molar-refractivity contribution in [2.75, 3.05) is 4.90 Å². The third-order valence-corrected chi connectivity index (χ3v) is 5.32. The summed E-state index contributed by atoms with van der Waals surface area (Å²) < 4.78 is 0. The monoisotopic (exact) mass is 430 g/mol. The molecule has 1 unspecified atom stereocenters. The number of nitrogens with zero attached hydrogens (tertiary/aromatic N) is 3. The van der Waals surface area contributed by atoms with E-state index in [0.29, 0.717) is 16.3 Å². The van der Waals surface area contributed by atoms with Gasteiger partial charge < -0.3 is 10.8 Å². The molecule has 0 bridgehead atoms. The molecule has 2 aromatic rings. The Kier molecular flexibility index (Phi) is 6.30. The molecule has 0 saturated carbocycles. The molecule has 0 aromatic heterocycles. The standard InChI is InChI=1S/C19H15ClN4O4S/c20-14-4-2-1-3-12(14)10-22-23-19(21)29-15-9-16(25)24(17(15)26)13-7-5-11(6-8-13)18(27)28/h1-8,10,15H,9H2,(H2,21,23)(H,27,28). The highest BCUT2D eigenvalue weighted by molar-refractivity contribution is 8.14. The quantitative estimate of drug-likeness (QED) is 0.325. The summed E-state index contributed by atoms with van der Waals surface area (Å²) in [7, 11) is 0. The van der Waals surface area contributed by atoms with E-state index in [1.807, 2.05) is 0 Å². The van der Waals surface area contributed by atoms with Gasteiger partial charge in [-0.25, -0.2) is 9.69 Å². The summed E-state index contributed by atoms with van der Waals surface area (Å²) in [6.45, 7) is 0. The molecule has 3 rings (SSSR count). The van der Waals surface area contributed by atoms with Crippen LogP contribution < -0.4 is 10.6 Å². The van der Waals surface area contributed by atoms with Crippen LogP contribution in [-0.2, 0) is 9.59 Å². The molecule has 0 spiro atoms. The molecule has 1 aliphatic rings. The summed E-state index contributed by atoms with van der Waals surface area (Å²) in [5.74, 6) is -1.94. The van der Waals surface area contributed by atoms with E-state index in [9.17, 15) is 14.4 Å². The van der Waals surface area contributed by atoms with Gasteiger partial charge in [-0.2, -0.15) is 5.10 Å². The second kappa shape index (κ2) is 8.89. The summed E-state index contributed by atoms with van der Waals surface area (Å²) in [6, 6.07) is 12.6. The Morgan fingerprint density at radius 2 is 1.90 bits per heavy atom. The van der Waals surface area contributed by atoms with Gasteiger partial charge in [0.05, 0.1) is 17.5 Å². The number of carbonyl (C=O) groups excluding carboxylic acids is 2. The second-order valence-corrected chi connectivity index (χ2v) is 7.56. The van der Waals surface area contributed by atoms with Crippen molar-refractivity contribution in [3.63, 3.8) is 0 Å². The van der Waals surface area contributed by atoms with Crippen molar-refractivity contribution in [1.82, 2.24) is 0 Å². The summed E-state index contributed by atoms with van der Waals surface area (Å²) in [5.41, 5.74) is 6.85. The number of anilines is 1. The summed E-state index contributed by atoms with van der Waals surface area (Å²) >= 11 is 6.96. The van der Waals surface area contributed by atoms with Crippen molar-refractivity contribution in [1.29, 1.82) is 0 Å². The number of carboxylic acid groups (broad SMARTS) is 1. The average Bonchev–Trinajstić information content (AvgIpc) is 2.96. The first-order chi connectivity index (χ1) is 13.9. The Labute approximate surface area is 175 Å². The van der Waals surface area contributed by atoms with Crippen molar-refractivity contribution in [3.8, 4) is 0 Å². The first-order valence-electron chi connectivity index (χ1n) is 8.34. The Bertz CT molecular complexity index is 1020. The molecule has 1 fully saturated rings. The minimum atomic E-state index is -1.09. The Hall–Kier alpha value is -3.17. The molecule has 2 aromatic carbocycles. The van der Waals surface area contributed by atoms with Crippen LogP contribution in [-0.4, -0.2) is 39.5 Å². The fraction of sp³-hybridized carbons (Fsp3) is 0.105. The number of carboxylic acids is 1. The highest BCUT2D eigenvalue weighted by atomic mass is 35.5. The SMILES string of the molecule is NC(=NN=Cc1ccccc1Cl)SC1CC(=O)N(c2ccc(C(=O)O)cc2)C1=O. The molecule has 148 valence electrons. The maximum Gasteiger partial charge on any atom is 0.335 e. The van der Waals surface area contributed by atoms with Gasteiger partial charge in [0.25, 0.3) is 0 Å². The number of benzene rings is 2. The third-order valence-electron chi connectivity index (χ3n) is 4.00. The first kappa shape index (κ1) is 20.6. The maximum atomic E-state index is 12.6. The number of hydrogen-bond acceptors (Lipinski definition) is 6. The lowest BCUT2D eigenvalue weighted by molar-refractivity contribution is -0.121. The van der Waals surface area contributed by atoms with Crippen LogP contribution in [0.15, 0.2) is 58.7 Å². The van der Waals surface area contributed by atoms with E-state index in [2.05, 4.69) is 10.2 Å². The highest BCUT2D eigenvalue weighted by Crippen LogP contribution is 2.30. The van der Waals surface area contributed by atoms with Gasteiger partial charge in [0.15, 0.2) is 5.17 Å². The second-order valence-electron chi connectivity index (χ2n) is 5.93. The number of aromatic carboxylic acids is 1. The van der Waals surface area contributed by atoms with Crippen LogP contribution in [0, 0.1) is 0 Å². The number of halogens is 1. The fourth-order valence-electron chi connectivity index (χ4n) is 2.62. The normalized spacial score (nSPS) is 17.3. The summed E-state index contributed by atoms with van der Waals surface area (Å²) in [5, 5.41) is 16.4. The molecule has 0 radical (unpaired) electrons. The summed E-state index contributed by atoms with van der Waals surface area (Å²) in [4.78, 5) is 36.8. The van der Waals surface area contributed by atoms with Crippen LogP contribution in [0.25, 0.3) is 0 Å². The van der Waals surface area contributed by atoms with Crippen molar-refractivity contribution in [3.05, 3.63) is 64.7 Å². The lowest BCUT2D eigenvalue weighted by Crippen LogP contribution is -2.31. The van der Waals surface area contributed by atoms with E-state index < -0.39 is 23.0 Å². The van der Waals surface area contributed by atoms with Crippen molar-refractivity contribution in [2.24, 2.45) is 15.9 Å². The van der Waals surface area contributed by atoms with E-state index in [0.717, 1.165) is 16.7 Å². The zero-order valence-corrected chi connectivity index (χ0v) is 16.4. The van der Waals surface area contributed by atoms with Gasteiger partial charge in [-0.1, -0.05) is 41.6 Å². The molecule has 0 aliphatic carbocycles. The molecule has 1 saturated heterocycles. The highest BCUT2D eigenvalue weighted by Gasteiger charge is 2.40. The number of imide groups is 1. The van der Waals surface area contributed by atoms with Gasteiger partial charge in [0, 0.05) is 17.0 Å². The lowest BCUT2D eigenvalue weighted by atomic mass is 10.2. The zero-order chi connectivity index (χ0) is 21.0. The molecule has 3 N–H and O–H groups in total. The van der Waals surface area contributed by atoms with Crippen LogP contribution in [0.1, 0.15) is 22.3 Å². The average molecular weight is 431 g/mol. The zero-order valence-electron chi connectivity index (χ0n) is 14.9. The molecule has 10 heteroatoms. The van der Waals surface area contributed by atoms with Gasteiger partial charge in [-0.15, -0.1) is 5.10 Å². The van der Waals surface area contributed by atoms with Gasteiger partial charge in [-0.3, -0.25) is 9.59 Å². The number of amidine groups is 1. The number of carbonyl (C=O) groups is 3. The van der Waals surface area contributed by atoms with Gasteiger partial charge in [0.1, 0.15) is 5.25 Å². The van der Waals surface area contributed by atoms with Gasteiger partial charge in [0.2, 0.25) is 11.8 Å². The number of thioether (sulfide) groups is 1. The predicted octanol–water partition coefficient (Wildman–Crippen LogP) is 2.75. The molecular weight excluding hydrogens is 416 g/mol. The fourth-order valence-corrected chi connectivity index (χ4v) is 3.62. The van der Waals surface area contributed by atoms with Gasteiger partial charge >= 0.3 is 5.97 Å². The number of amides is 2. The van der Waals surface area contributed by atoms with Crippen molar-refractivity contribution < 1.29 is 19.5 Å². The van der Waals surface area contributed by atoms with E-state index in [1.54, 1.807) is 24.3 Å². The minimum absolute atomic E-state index is 0.0301. The van der Waals surface area contributed by atoms with E-state index in [4.69, 9.17) is 22.4 Å². The van der Waals surface area contributed by atoms with E-state index >= 15 is 0 Å². The molecule has 2 amide bonds. The number of hydrogen-bond donors (Lipinski definition) is 2. The van der Waals surface area contributed by atoms with Crippen molar-refractivity contribution >= 4 is 58.2 Å². The Morgan fingerprint density at radius 1 is 1.21 bits per heavy atom. The lowest BCUT2D eigenvalue weighted by Gasteiger charge is -2.14. The molecule has 8 nitrogen and oxygen atoms in total. The van der Waals surface area contributed by atoms with E-state index in [-0.39, 0.29) is 17.2 Å². The molecule has 1 atom stereocenters. The van der Waals surface area contributed by atoms with Crippen molar-refractivity contribution in [2.45, 2.75) is 11.7 Å². The van der Waals surface area contributed by atoms with E-state index in [1.165, 1.54) is 30.5 Å². The van der Waals surface area contributed by atoms with Crippen LogP contribution in [0.3, 0.4) is 0 Å². The maximum absolute atomic E-state index is 12.6. The van der Waals surface area contributed by atoms with Gasteiger partial charge in [-0.05, 0) is 30.3 Å². The van der Waals surface area contributed by atoms with Crippen LogP contribution in [0.2, 0.25) is 5.02 Å². The molecule has 1 heterocycles. The summed E-state index contributed by atoms with van der Waals surface area (Å²) in [6.07, 6.45) is 1.39. The first-order valence-corrected chi connectivity index (χ1v) is 9.60. The van der Waals surface area contributed by atoms with Crippen LogP contribution in [0.4, 0.5) is 5.69 Å². The molecular formula is C19H15ClN4O4S. The Balaban J connectivity index is 1.67. The topological polar surface area (TPSA) is 125 Å². The molecule has 1 aliphatic heterocycles. The number of rotatable bonds is 5. The Morgan fingerprint density at radius 3 is 2.55 bits per heavy atom. The number of nitrogens with two attached hydrogens (primary N) is 1. The predicted molar refractivity (Wildman–Crippen MR) is 113 cm³/mol. The smallest absolute Gasteiger partial charge is 0.335 e. The third kappa shape index (κ3) is 4.82. The van der Waals surface area contributed by atoms with Crippen LogP contribution >= 0.6 is 23.4 Å². The van der Waals surface area contributed by atoms with Crippen LogP contribution in [0.5, 0.6) is 0 Å². The largest absolute Gasteiger partial charge is 0.478 e.